The summed E-state index contributed by atoms with van der Waals surface area (Å²) in [5, 5.41) is 2.87. The van der Waals surface area contributed by atoms with Crippen molar-refractivity contribution in [2.75, 3.05) is 33.4 Å². The van der Waals surface area contributed by atoms with E-state index in [0.717, 1.165) is 37.3 Å². The SMILES string of the molecule is COCCNC(=O)c1ccc(C)nc1C1CCN(C(=O)C(C)C)CC1. The Bertz CT molecular complexity index is 608. The summed E-state index contributed by atoms with van der Waals surface area (Å²) < 4.78 is 4.98. The van der Waals surface area contributed by atoms with E-state index in [1.807, 2.05) is 37.8 Å². The van der Waals surface area contributed by atoms with E-state index in [9.17, 15) is 9.59 Å². The second kappa shape index (κ2) is 8.94. The lowest BCUT2D eigenvalue weighted by Gasteiger charge is -2.33. The summed E-state index contributed by atoms with van der Waals surface area (Å²) in [6.07, 6.45) is 1.68. The highest BCUT2D eigenvalue weighted by atomic mass is 16.5. The molecule has 138 valence electrons. The molecule has 1 saturated heterocycles. The smallest absolute Gasteiger partial charge is 0.253 e. The summed E-state index contributed by atoms with van der Waals surface area (Å²) in [6, 6.07) is 3.72. The second-order valence-electron chi connectivity index (χ2n) is 6.89. The zero-order chi connectivity index (χ0) is 18.4. The van der Waals surface area contributed by atoms with Crippen LogP contribution in [-0.4, -0.2) is 55.0 Å². The van der Waals surface area contributed by atoms with Crippen molar-refractivity contribution in [3.63, 3.8) is 0 Å². The van der Waals surface area contributed by atoms with Gasteiger partial charge in [-0.2, -0.15) is 0 Å². The minimum absolute atomic E-state index is 0.0239. The number of nitrogens with zero attached hydrogens (tertiary/aromatic N) is 2. The van der Waals surface area contributed by atoms with Gasteiger partial charge >= 0.3 is 0 Å². The van der Waals surface area contributed by atoms with Gasteiger partial charge in [0.05, 0.1) is 17.9 Å². The minimum atomic E-state index is -0.111. The van der Waals surface area contributed by atoms with E-state index in [1.54, 1.807) is 7.11 Å². The Kier molecular flexibility index (Phi) is 6.93. The van der Waals surface area contributed by atoms with E-state index in [-0.39, 0.29) is 23.7 Å². The third-order valence-corrected chi connectivity index (χ3v) is 4.59. The minimum Gasteiger partial charge on any atom is -0.383 e. The van der Waals surface area contributed by atoms with Crippen molar-refractivity contribution in [2.24, 2.45) is 5.92 Å². The van der Waals surface area contributed by atoms with Gasteiger partial charge in [0.25, 0.3) is 5.91 Å². The quantitative estimate of drug-likeness (QED) is 0.800. The van der Waals surface area contributed by atoms with Crippen LogP contribution in [0.4, 0.5) is 0 Å². The maximum Gasteiger partial charge on any atom is 0.253 e. The van der Waals surface area contributed by atoms with Crippen LogP contribution in [0.15, 0.2) is 12.1 Å². The van der Waals surface area contributed by atoms with Crippen LogP contribution < -0.4 is 5.32 Å². The van der Waals surface area contributed by atoms with Crippen LogP contribution in [0.25, 0.3) is 0 Å². The van der Waals surface area contributed by atoms with Gasteiger partial charge in [-0.1, -0.05) is 13.8 Å². The van der Waals surface area contributed by atoms with Crippen molar-refractivity contribution in [1.82, 2.24) is 15.2 Å². The van der Waals surface area contributed by atoms with Gasteiger partial charge in [0.2, 0.25) is 5.91 Å². The molecule has 0 atom stereocenters. The molecular weight excluding hydrogens is 318 g/mol. The normalized spacial score (nSPS) is 15.5. The molecule has 0 saturated carbocycles. The van der Waals surface area contributed by atoms with E-state index < -0.39 is 0 Å². The number of ether oxygens (including phenoxy) is 1. The van der Waals surface area contributed by atoms with Gasteiger partial charge in [-0.25, -0.2) is 0 Å². The summed E-state index contributed by atoms with van der Waals surface area (Å²) in [7, 11) is 1.61. The lowest BCUT2D eigenvalue weighted by molar-refractivity contribution is -0.135. The van der Waals surface area contributed by atoms with Crippen molar-refractivity contribution < 1.29 is 14.3 Å². The Balaban J connectivity index is 2.10. The summed E-state index contributed by atoms with van der Waals surface area (Å²) >= 11 is 0. The van der Waals surface area contributed by atoms with Crippen molar-refractivity contribution in [3.05, 3.63) is 29.1 Å². The Morgan fingerprint density at radius 1 is 1.32 bits per heavy atom. The van der Waals surface area contributed by atoms with Gasteiger partial charge < -0.3 is 15.0 Å². The van der Waals surface area contributed by atoms with E-state index >= 15 is 0 Å². The van der Waals surface area contributed by atoms with Gasteiger partial charge in [0.15, 0.2) is 0 Å². The molecule has 2 rings (SSSR count). The number of likely N-dealkylation sites (tertiary alicyclic amines) is 1. The topological polar surface area (TPSA) is 71.5 Å². The molecule has 0 spiro atoms. The van der Waals surface area contributed by atoms with Gasteiger partial charge in [0.1, 0.15) is 0 Å². The fourth-order valence-electron chi connectivity index (χ4n) is 3.18. The molecule has 0 bridgehead atoms. The molecule has 0 unspecified atom stereocenters. The molecule has 2 amide bonds. The number of pyridine rings is 1. The number of aryl methyl sites for hydroxylation is 1. The average Bonchev–Trinajstić information content (AvgIpc) is 2.61. The van der Waals surface area contributed by atoms with Crippen molar-refractivity contribution in [1.29, 1.82) is 0 Å². The maximum absolute atomic E-state index is 12.5. The molecular formula is C19H29N3O3. The molecule has 1 aromatic heterocycles. The molecule has 0 aliphatic carbocycles. The molecule has 6 heteroatoms. The predicted octanol–water partition coefficient (Wildman–Crippen LogP) is 2.13. The van der Waals surface area contributed by atoms with Crippen molar-refractivity contribution >= 4 is 11.8 Å². The number of aromatic nitrogens is 1. The molecule has 0 aromatic carbocycles. The Morgan fingerprint density at radius 2 is 2.00 bits per heavy atom. The fraction of sp³-hybridized carbons (Fsp3) is 0.632. The molecule has 1 fully saturated rings. The fourth-order valence-corrected chi connectivity index (χ4v) is 3.18. The highest BCUT2D eigenvalue weighted by Gasteiger charge is 2.28. The number of carbonyl (C=O) groups is 2. The number of carbonyl (C=O) groups excluding carboxylic acids is 2. The monoisotopic (exact) mass is 347 g/mol. The van der Waals surface area contributed by atoms with Gasteiger partial charge in [-0.05, 0) is 31.9 Å². The average molecular weight is 347 g/mol. The number of methoxy groups -OCH3 is 1. The first-order chi connectivity index (χ1) is 11.9. The highest BCUT2D eigenvalue weighted by Crippen LogP contribution is 2.30. The zero-order valence-electron chi connectivity index (χ0n) is 15.7. The highest BCUT2D eigenvalue weighted by molar-refractivity contribution is 5.95. The predicted molar refractivity (Wildman–Crippen MR) is 96.6 cm³/mol. The van der Waals surface area contributed by atoms with E-state index in [0.29, 0.717) is 18.7 Å². The van der Waals surface area contributed by atoms with E-state index in [2.05, 4.69) is 10.3 Å². The third kappa shape index (κ3) is 5.01. The van der Waals surface area contributed by atoms with Gasteiger partial charge in [-0.15, -0.1) is 0 Å². The van der Waals surface area contributed by atoms with Crippen LogP contribution in [0.2, 0.25) is 0 Å². The number of nitrogens with one attached hydrogen (secondary N) is 1. The lowest BCUT2D eigenvalue weighted by Crippen LogP contribution is -2.40. The standard InChI is InChI=1S/C19H29N3O3/c1-13(2)19(24)22-10-7-15(8-11-22)17-16(6-5-14(3)21-17)18(23)20-9-12-25-4/h5-6,13,15H,7-12H2,1-4H3,(H,20,23). The summed E-state index contributed by atoms with van der Waals surface area (Å²) in [6.45, 7) is 8.20. The molecule has 1 aromatic rings. The third-order valence-electron chi connectivity index (χ3n) is 4.59. The summed E-state index contributed by atoms with van der Waals surface area (Å²) in [4.78, 5) is 31.2. The van der Waals surface area contributed by atoms with Gasteiger partial charge in [0, 0.05) is 44.3 Å². The first-order valence-corrected chi connectivity index (χ1v) is 8.97. The molecule has 1 aliphatic heterocycles. The van der Waals surface area contributed by atoms with Crippen molar-refractivity contribution in [2.45, 2.75) is 39.5 Å². The molecule has 25 heavy (non-hydrogen) atoms. The maximum atomic E-state index is 12.5. The van der Waals surface area contributed by atoms with E-state index in [1.165, 1.54) is 0 Å². The lowest BCUT2D eigenvalue weighted by atomic mass is 9.89. The van der Waals surface area contributed by atoms with Crippen LogP contribution >= 0.6 is 0 Å². The summed E-state index contributed by atoms with van der Waals surface area (Å²) in [5.74, 6) is 0.323. The molecule has 6 nitrogen and oxygen atoms in total. The van der Waals surface area contributed by atoms with Crippen LogP contribution in [-0.2, 0) is 9.53 Å². The number of amides is 2. The zero-order valence-corrected chi connectivity index (χ0v) is 15.7. The van der Waals surface area contributed by atoms with E-state index in [4.69, 9.17) is 4.74 Å². The number of hydrogen-bond donors (Lipinski definition) is 1. The number of piperidine rings is 1. The van der Waals surface area contributed by atoms with Crippen LogP contribution in [0, 0.1) is 12.8 Å². The Labute approximate surface area is 150 Å². The van der Waals surface area contributed by atoms with Crippen LogP contribution in [0.5, 0.6) is 0 Å². The first kappa shape index (κ1) is 19.4. The molecule has 0 radical (unpaired) electrons. The Hall–Kier alpha value is -1.95. The summed E-state index contributed by atoms with van der Waals surface area (Å²) in [5.41, 5.74) is 2.39. The first-order valence-electron chi connectivity index (χ1n) is 8.97. The second-order valence-corrected chi connectivity index (χ2v) is 6.89. The number of hydrogen-bond acceptors (Lipinski definition) is 4. The van der Waals surface area contributed by atoms with Crippen LogP contribution in [0.1, 0.15) is 54.4 Å². The largest absolute Gasteiger partial charge is 0.383 e. The van der Waals surface area contributed by atoms with Crippen molar-refractivity contribution in [3.8, 4) is 0 Å². The number of rotatable bonds is 6. The molecule has 2 heterocycles. The van der Waals surface area contributed by atoms with Crippen LogP contribution in [0.3, 0.4) is 0 Å². The van der Waals surface area contributed by atoms with Gasteiger partial charge in [-0.3, -0.25) is 14.6 Å². The molecule has 1 N–H and O–H groups in total. The Morgan fingerprint density at radius 3 is 2.60 bits per heavy atom. The molecule has 1 aliphatic rings.